The molecule has 1 atom stereocenters. The van der Waals surface area contributed by atoms with Crippen LogP contribution < -0.4 is 10.2 Å². The second-order valence-electron chi connectivity index (χ2n) is 5.81. The Balaban J connectivity index is 1.95. The van der Waals surface area contributed by atoms with Crippen molar-refractivity contribution in [3.63, 3.8) is 0 Å². The standard InChI is InChI=1S/C15H24N6/c1-4-16-13-11-21-9-7-17-14(21)15(18-13)20(3)12-6-5-8-19(2)10-12/h7,9,11-12,16H,4-6,8,10H2,1-3H3. The van der Waals surface area contributed by atoms with Gasteiger partial charge in [-0.2, -0.15) is 0 Å². The molecule has 21 heavy (non-hydrogen) atoms. The molecular weight excluding hydrogens is 264 g/mol. The summed E-state index contributed by atoms with van der Waals surface area (Å²) in [6.07, 6.45) is 8.25. The Hall–Kier alpha value is -1.82. The summed E-state index contributed by atoms with van der Waals surface area (Å²) >= 11 is 0. The summed E-state index contributed by atoms with van der Waals surface area (Å²) in [6.45, 7) is 5.21. The molecule has 0 amide bonds. The molecule has 1 unspecified atom stereocenters. The number of likely N-dealkylation sites (N-methyl/N-ethyl adjacent to an activating group) is 2. The number of hydrogen-bond donors (Lipinski definition) is 1. The van der Waals surface area contributed by atoms with Crippen LogP contribution in [0.4, 0.5) is 11.6 Å². The van der Waals surface area contributed by atoms with Crippen LogP contribution in [0.25, 0.3) is 5.65 Å². The van der Waals surface area contributed by atoms with Crippen molar-refractivity contribution in [3.05, 3.63) is 18.6 Å². The van der Waals surface area contributed by atoms with Gasteiger partial charge < -0.3 is 19.5 Å². The molecule has 6 nitrogen and oxygen atoms in total. The molecule has 0 aromatic carbocycles. The van der Waals surface area contributed by atoms with Gasteiger partial charge in [0.2, 0.25) is 0 Å². The number of aromatic nitrogens is 3. The average molecular weight is 288 g/mol. The molecule has 114 valence electrons. The topological polar surface area (TPSA) is 48.7 Å². The van der Waals surface area contributed by atoms with E-state index in [1.54, 1.807) is 0 Å². The summed E-state index contributed by atoms with van der Waals surface area (Å²) < 4.78 is 2.05. The molecule has 3 rings (SSSR count). The maximum atomic E-state index is 4.78. The lowest BCUT2D eigenvalue weighted by Gasteiger charge is -2.36. The lowest BCUT2D eigenvalue weighted by Crippen LogP contribution is -2.45. The molecular formula is C15H24N6. The maximum absolute atomic E-state index is 4.78. The first-order chi connectivity index (χ1) is 10.2. The largest absolute Gasteiger partial charge is 0.369 e. The minimum atomic E-state index is 0.494. The van der Waals surface area contributed by atoms with Crippen LogP contribution in [-0.2, 0) is 0 Å². The number of nitrogens with one attached hydrogen (secondary N) is 1. The van der Waals surface area contributed by atoms with E-state index < -0.39 is 0 Å². The van der Waals surface area contributed by atoms with Gasteiger partial charge in [-0.3, -0.25) is 0 Å². The van der Waals surface area contributed by atoms with Gasteiger partial charge in [-0.15, -0.1) is 0 Å². The van der Waals surface area contributed by atoms with Gasteiger partial charge in [0, 0.05) is 38.6 Å². The quantitative estimate of drug-likeness (QED) is 0.928. The van der Waals surface area contributed by atoms with Crippen LogP contribution in [0.5, 0.6) is 0 Å². The van der Waals surface area contributed by atoms with Gasteiger partial charge in [0.05, 0.1) is 6.20 Å². The lowest BCUT2D eigenvalue weighted by molar-refractivity contribution is 0.247. The second-order valence-corrected chi connectivity index (χ2v) is 5.81. The number of anilines is 2. The number of rotatable bonds is 4. The third kappa shape index (κ3) is 2.81. The first-order valence-corrected chi connectivity index (χ1v) is 7.68. The minimum absolute atomic E-state index is 0.494. The number of piperidine rings is 1. The van der Waals surface area contributed by atoms with Crippen LogP contribution in [0, 0.1) is 0 Å². The fourth-order valence-corrected chi connectivity index (χ4v) is 3.05. The summed E-state index contributed by atoms with van der Waals surface area (Å²) in [5.74, 6) is 1.85. The minimum Gasteiger partial charge on any atom is -0.369 e. The highest BCUT2D eigenvalue weighted by Crippen LogP contribution is 2.24. The van der Waals surface area contributed by atoms with Crippen molar-refractivity contribution in [2.24, 2.45) is 0 Å². The SMILES string of the molecule is CCNc1cn2ccnc2c(N(C)C2CCCN(C)C2)n1. The third-order valence-electron chi connectivity index (χ3n) is 4.20. The fourth-order valence-electron chi connectivity index (χ4n) is 3.05. The van der Waals surface area contributed by atoms with Gasteiger partial charge in [-0.1, -0.05) is 0 Å². The van der Waals surface area contributed by atoms with Crippen LogP contribution in [0.3, 0.4) is 0 Å². The summed E-state index contributed by atoms with van der Waals surface area (Å²) in [6, 6.07) is 0.494. The highest BCUT2D eigenvalue weighted by molar-refractivity contribution is 5.67. The molecule has 0 saturated carbocycles. The van der Waals surface area contributed by atoms with Crippen molar-refractivity contribution in [2.75, 3.05) is 43.9 Å². The van der Waals surface area contributed by atoms with Gasteiger partial charge in [0.25, 0.3) is 0 Å². The van der Waals surface area contributed by atoms with E-state index in [-0.39, 0.29) is 0 Å². The van der Waals surface area contributed by atoms with Crippen molar-refractivity contribution >= 4 is 17.3 Å². The Bertz CT molecular complexity index is 607. The van der Waals surface area contributed by atoms with Gasteiger partial charge in [0.1, 0.15) is 5.82 Å². The molecule has 6 heteroatoms. The first-order valence-electron chi connectivity index (χ1n) is 7.68. The zero-order valence-electron chi connectivity index (χ0n) is 13.1. The maximum Gasteiger partial charge on any atom is 0.180 e. The molecule has 2 aromatic rings. The number of imidazole rings is 1. The predicted octanol–water partition coefficient (Wildman–Crippen LogP) is 1.69. The van der Waals surface area contributed by atoms with E-state index in [1.807, 2.05) is 23.0 Å². The summed E-state index contributed by atoms with van der Waals surface area (Å²) in [7, 11) is 4.32. The molecule has 3 heterocycles. The zero-order valence-corrected chi connectivity index (χ0v) is 13.1. The molecule has 1 fully saturated rings. The van der Waals surface area contributed by atoms with Crippen molar-refractivity contribution in [1.29, 1.82) is 0 Å². The van der Waals surface area contributed by atoms with Crippen LogP contribution in [0.1, 0.15) is 19.8 Å². The fraction of sp³-hybridized carbons (Fsp3) is 0.600. The van der Waals surface area contributed by atoms with Gasteiger partial charge in [-0.25, -0.2) is 9.97 Å². The summed E-state index contributed by atoms with van der Waals surface area (Å²) in [5.41, 5.74) is 0.923. The van der Waals surface area contributed by atoms with Crippen molar-refractivity contribution in [2.45, 2.75) is 25.8 Å². The van der Waals surface area contributed by atoms with E-state index in [1.165, 1.54) is 19.4 Å². The molecule has 0 bridgehead atoms. The number of fused-ring (bicyclic) bond motifs is 1. The van der Waals surface area contributed by atoms with Crippen molar-refractivity contribution in [1.82, 2.24) is 19.3 Å². The highest BCUT2D eigenvalue weighted by Gasteiger charge is 2.24. The molecule has 2 aromatic heterocycles. The molecule has 1 aliphatic heterocycles. The first kappa shape index (κ1) is 14.1. The van der Waals surface area contributed by atoms with Gasteiger partial charge in [-0.05, 0) is 33.4 Å². The molecule has 1 N–H and O–H groups in total. The number of hydrogen-bond acceptors (Lipinski definition) is 5. The van der Waals surface area contributed by atoms with Crippen LogP contribution in [-0.4, -0.2) is 59.0 Å². The summed E-state index contributed by atoms with van der Waals surface area (Å²) in [5, 5.41) is 3.30. The van der Waals surface area contributed by atoms with E-state index in [0.717, 1.165) is 30.4 Å². The van der Waals surface area contributed by atoms with Crippen molar-refractivity contribution in [3.8, 4) is 0 Å². The molecule has 1 saturated heterocycles. The smallest absolute Gasteiger partial charge is 0.180 e. The lowest BCUT2D eigenvalue weighted by atomic mass is 10.1. The monoisotopic (exact) mass is 288 g/mol. The molecule has 0 radical (unpaired) electrons. The summed E-state index contributed by atoms with van der Waals surface area (Å²) in [4.78, 5) is 13.9. The average Bonchev–Trinajstić information content (AvgIpc) is 2.94. The van der Waals surface area contributed by atoms with E-state index in [9.17, 15) is 0 Å². The van der Waals surface area contributed by atoms with Gasteiger partial charge >= 0.3 is 0 Å². The van der Waals surface area contributed by atoms with E-state index >= 15 is 0 Å². The van der Waals surface area contributed by atoms with Crippen LogP contribution in [0.2, 0.25) is 0 Å². The van der Waals surface area contributed by atoms with E-state index in [2.05, 4.69) is 41.1 Å². The number of nitrogens with zero attached hydrogens (tertiary/aromatic N) is 5. The Morgan fingerprint density at radius 1 is 1.48 bits per heavy atom. The van der Waals surface area contributed by atoms with Crippen LogP contribution >= 0.6 is 0 Å². The number of likely N-dealkylation sites (tertiary alicyclic amines) is 1. The van der Waals surface area contributed by atoms with E-state index in [4.69, 9.17) is 4.98 Å². The van der Waals surface area contributed by atoms with Gasteiger partial charge in [0.15, 0.2) is 11.5 Å². The molecule has 0 spiro atoms. The highest BCUT2D eigenvalue weighted by atomic mass is 15.3. The Kier molecular flexibility index (Phi) is 3.96. The molecule has 1 aliphatic rings. The Morgan fingerprint density at radius 3 is 3.10 bits per heavy atom. The second kappa shape index (κ2) is 5.89. The zero-order chi connectivity index (χ0) is 14.8. The van der Waals surface area contributed by atoms with Crippen LogP contribution in [0.15, 0.2) is 18.6 Å². The van der Waals surface area contributed by atoms with Crippen molar-refractivity contribution < 1.29 is 0 Å². The normalized spacial score (nSPS) is 19.9. The predicted molar refractivity (Wildman–Crippen MR) is 86.1 cm³/mol. The van der Waals surface area contributed by atoms with E-state index in [0.29, 0.717) is 6.04 Å². The third-order valence-corrected chi connectivity index (χ3v) is 4.20. The Morgan fingerprint density at radius 2 is 2.33 bits per heavy atom. The Labute approximate surface area is 125 Å². The molecule has 0 aliphatic carbocycles.